The van der Waals surface area contributed by atoms with Crippen LogP contribution < -0.4 is 5.73 Å². The predicted octanol–water partition coefficient (Wildman–Crippen LogP) is 2.25. The number of nitrogens with two attached hydrogens (primary N) is 1. The van der Waals surface area contributed by atoms with Crippen molar-refractivity contribution in [3.63, 3.8) is 0 Å². The lowest BCUT2D eigenvalue weighted by Crippen LogP contribution is -2.32. The van der Waals surface area contributed by atoms with Gasteiger partial charge < -0.3 is 10.3 Å². The molecule has 0 bridgehead atoms. The second kappa shape index (κ2) is 5.17. The Morgan fingerprint density at radius 2 is 2.05 bits per heavy atom. The number of aromatic nitrogens is 2. The molecule has 1 unspecified atom stereocenters. The minimum absolute atomic E-state index is 0.294. The van der Waals surface area contributed by atoms with E-state index in [1.54, 1.807) is 0 Å². The summed E-state index contributed by atoms with van der Waals surface area (Å²) >= 11 is 0. The van der Waals surface area contributed by atoms with Crippen molar-refractivity contribution < 1.29 is 0 Å². The van der Waals surface area contributed by atoms with Crippen LogP contribution in [0.25, 0.3) is 0 Å². The molecule has 19 heavy (non-hydrogen) atoms. The third-order valence-electron chi connectivity index (χ3n) is 4.01. The van der Waals surface area contributed by atoms with E-state index in [1.807, 2.05) is 0 Å². The molecule has 1 aliphatic rings. The molecule has 0 fully saturated rings. The molecule has 3 rings (SSSR count). The van der Waals surface area contributed by atoms with Gasteiger partial charge >= 0.3 is 0 Å². The average molecular weight is 255 g/mol. The topological polar surface area (TPSA) is 43.8 Å². The van der Waals surface area contributed by atoms with Crippen LogP contribution >= 0.6 is 0 Å². The number of hydrogen-bond acceptors (Lipinski definition) is 2. The van der Waals surface area contributed by atoms with E-state index < -0.39 is 0 Å². The number of hydrogen-bond donors (Lipinski definition) is 1. The molecule has 3 heteroatoms. The van der Waals surface area contributed by atoms with Crippen molar-refractivity contribution in [2.45, 2.75) is 45.2 Å². The molecular formula is C16H21N3. The molecule has 1 aromatic heterocycles. The van der Waals surface area contributed by atoms with E-state index >= 15 is 0 Å². The standard InChI is InChI=1S/C16H21N3/c1-12-18-15(9-7-13-5-3-2-4-6-13)16-10-8-14(17)11-19(12)16/h2-6,14H,7-11,17H2,1H3. The SMILES string of the molecule is Cc1nc(CCc2ccccc2)c2n1CC(N)CC2. The molecule has 1 aliphatic heterocycles. The van der Waals surface area contributed by atoms with Crippen LogP contribution in [-0.2, 0) is 25.8 Å². The summed E-state index contributed by atoms with van der Waals surface area (Å²) in [6.07, 6.45) is 4.26. The molecular weight excluding hydrogens is 234 g/mol. The second-order valence-corrected chi connectivity index (χ2v) is 5.45. The molecule has 2 heterocycles. The van der Waals surface area contributed by atoms with Crippen molar-refractivity contribution in [1.29, 1.82) is 0 Å². The van der Waals surface area contributed by atoms with E-state index in [0.29, 0.717) is 6.04 Å². The Bertz CT molecular complexity index is 557. The van der Waals surface area contributed by atoms with Gasteiger partial charge in [-0.2, -0.15) is 0 Å². The number of imidazole rings is 1. The smallest absolute Gasteiger partial charge is 0.106 e. The van der Waals surface area contributed by atoms with Crippen LogP contribution in [0.5, 0.6) is 0 Å². The minimum Gasteiger partial charge on any atom is -0.330 e. The summed E-state index contributed by atoms with van der Waals surface area (Å²) in [5.74, 6) is 1.12. The first kappa shape index (κ1) is 12.4. The third kappa shape index (κ3) is 2.56. The average Bonchev–Trinajstić information content (AvgIpc) is 2.74. The zero-order valence-electron chi connectivity index (χ0n) is 11.5. The van der Waals surface area contributed by atoms with Crippen molar-refractivity contribution in [1.82, 2.24) is 9.55 Å². The van der Waals surface area contributed by atoms with Crippen molar-refractivity contribution in [2.75, 3.05) is 0 Å². The predicted molar refractivity (Wildman–Crippen MR) is 77.1 cm³/mol. The van der Waals surface area contributed by atoms with Gasteiger partial charge in [0, 0.05) is 18.3 Å². The fraction of sp³-hybridized carbons (Fsp3) is 0.438. The highest BCUT2D eigenvalue weighted by Gasteiger charge is 2.21. The Labute approximate surface area is 114 Å². The summed E-state index contributed by atoms with van der Waals surface area (Å²) in [5.41, 5.74) is 10.1. The number of nitrogens with zero attached hydrogens (tertiary/aromatic N) is 2. The van der Waals surface area contributed by atoms with Gasteiger partial charge in [-0.15, -0.1) is 0 Å². The van der Waals surface area contributed by atoms with Crippen LogP contribution in [0.3, 0.4) is 0 Å². The molecule has 0 amide bonds. The van der Waals surface area contributed by atoms with Gasteiger partial charge in [0.25, 0.3) is 0 Å². The lowest BCUT2D eigenvalue weighted by Gasteiger charge is -2.22. The number of fused-ring (bicyclic) bond motifs is 1. The molecule has 0 radical (unpaired) electrons. The second-order valence-electron chi connectivity index (χ2n) is 5.45. The largest absolute Gasteiger partial charge is 0.330 e. The summed E-state index contributed by atoms with van der Waals surface area (Å²) in [6.45, 7) is 3.02. The Morgan fingerprint density at radius 1 is 1.26 bits per heavy atom. The van der Waals surface area contributed by atoms with Crippen molar-refractivity contribution >= 4 is 0 Å². The van der Waals surface area contributed by atoms with E-state index in [2.05, 4.69) is 41.8 Å². The Morgan fingerprint density at radius 3 is 2.84 bits per heavy atom. The zero-order valence-corrected chi connectivity index (χ0v) is 11.5. The summed E-state index contributed by atoms with van der Waals surface area (Å²) < 4.78 is 2.31. The Balaban J connectivity index is 1.77. The van der Waals surface area contributed by atoms with Gasteiger partial charge in [-0.25, -0.2) is 4.98 Å². The molecule has 0 aliphatic carbocycles. The molecule has 1 aromatic carbocycles. The Hall–Kier alpha value is -1.61. The lowest BCUT2D eigenvalue weighted by molar-refractivity contribution is 0.452. The normalized spacial score (nSPS) is 18.3. The van der Waals surface area contributed by atoms with Gasteiger partial charge in [-0.1, -0.05) is 30.3 Å². The first-order valence-corrected chi connectivity index (χ1v) is 7.08. The van der Waals surface area contributed by atoms with Gasteiger partial charge in [0.1, 0.15) is 5.82 Å². The van der Waals surface area contributed by atoms with Crippen molar-refractivity contribution in [2.24, 2.45) is 5.73 Å². The molecule has 100 valence electrons. The maximum absolute atomic E-state index is 6.04. The number of benzene rings is 1. The van der Waals surface area contributed by atoms with Crippen LogP contribution in [-0.4, -0.2) is 15.6 Å². The molecule has 1 atom stereocenters. The van der Waals surface area contributed by atoms with Gasteiger partial charge in [0.15, 0.2) is 0 Å². The maximum atomic E-state index is 6.04. The third-order valence-corrected chi connectivity index (χ3v) is 4.01. The summed E-state index contributed by atoms with van der Waals surface area (Å²) in [7, 11) is 0. The van der Waals surface area contributed by atoms with Gasteiger partial charge in [-0.05, 0) is 38.2 Å². The summed E-state index contributed by atoms with van der Waals surface area (Å²) in [6, 6.07) is 10.9. The first-order chi connectivity index (χ1) is 9.24. The van der Waals surface area contributed by atoms with E-state index in [0.717, 1.165) is 38.1 Å². The maximum Gasteiger partial charge on any atom is 0.106 e. The fourth-order valence-corrected chi connectivity index (χ4v) is 2.95. The summed E-state index contributed by atoms with van der Waals surface area (Å²) in [4.78, 5) is 4.75. The van der Waals surface area contributed by atoms with E-state index in [9.17, 15) is 0 Å². The van der Waals surface area contributed by atoms with Crippen LogP contribution in [0.15, 0.2) is 30.3 Å². The molecule has 0 saturated heterocycles. The highest BCUT2D eigenvalue weighted by molar-refractivity contribution is 5.22. The molecule has 0 spiro atoms. The number of rotatable bonds is 3. The van der Waals surface area contributed by atoms with Crippen LogP contribution in [0.1, 0.15) is 29.2 Å². The highest BCUT2D eigenvalue weighted by Crippen LogP contribution is 2.21. The van der Waals surface area contributed by atoms with Crippen molar-refractivity contribution in [3.05, 3.63) is 53.1 Å². The first-order valence-electron chi connectivity index (χ1n) is 7.08. The zero-order chi connectivity index (χ0) is 13.2. The fourth-order valence-electron chi connectivity index (χ4n) is 2.95. The highest BCUT2D eigenvalue weighted by atomic mass is 15.1. The van der Waals surface area contributed by atoms with E-state index in [4.69, 9.17) is 10.7 Å². The van der Waals surface area contributed by atoms with Crippen molar-refractivity contribution in [3.8, 4) is 0 Å². The number of aryl methyl sites for hydroxylation is 3. The monoisotopic (exact) mass is 255 g/mol. The Kier molecular flexibility index (Phi) is 3.38. The lowest BCUT2D eigenvalue weighted by atomic mass is 10.0. The molecule has 3 nitrogen and oxygen atoms in total. The minimum atomic E-state index is 0.294. The van der Waals surface area contributed by atoms with E-state index in [1.165, 1.54) is 17.0 Å². The quantitative estimate of drug-likeness (QED) is 0.914. The molecule has 2 aromatic rings. The van der Waals surface area contributed by atoms with Gasteiger partial charge in [0.2, 0.25) is 0 Å². The van der Waals surface area contributed by atoms with Gasteiger partial charge in [0.05, 0.1) is 5.69 Å². The van der Waals surface area contributed by atoms with E-state index in [-0.39, 0.29) is 0 Å². The van der Waals surface area contributed by atoms with Crippen LogP contribution in [0.4, 0.5) is 0 Å². The van der Waals surface area contributed by atoms with Crippen LogP contribution in [0, 0.1) is 6.92 Å². The molecule has 2 N–H and O–H groups in total. The molecule has 0 saturated carbocycles. The summed E-state index contributed by atoms with van der Waals surface area (Å²) in [5, 5.41) is 0. The van der Waals surface area contributed by atoms with Crippen LogP contribution in [0.2, 0.25) is 0 Å². The van der Waals surface area contributed by atoms with Gasteiger partial charge in [-0.3, -0.25) is 0 Å².